The van der Waals surface area contributed by atoms with Crippen LogP contribution in [0.15, 0.2) is 18.2 Å². The molecule has 0 aromatic heterocycles. The molecular weight excluding hydrogens is 351 g/mol. The first-order valence-electron chi connectivity index (χ1n) is 8.12. The Morgan fingerprint density at radius 1 is 1.33 bits per heavy atom. The molecule has 0 spiro atoms. The molecule has 1 aromatic carbocycles. The van der Waals surface area contributed by atoms with Gasteiger partial charge < -0.3 is 15.0 Å². The summed E-state index contributed by atoms with van der Waals surface area (Å²) in [5.74, 6) is -0.584. The van der Waals surface area contributed by atoms with Gasteiger partial charge in [0.2, 0.25) is 11.8 Å². The van der Waals surface area contributed by atoms with Crippen LogP contribution in [0, 0.1) is 5.92 Å². The summed E-state index contributed by atoms with van der Waals surface area (Å²) in [5.41, 5.74) is 0.625. The predicted octanol–water partition coefficient (Wildman–Crippen LogP) is 3.03. The first kappa shape index (κ1) is 17.5. The Kier molecular flexibility index (Phi) is 5.33. The fourth-order valence-corrected chi connectivity index (χ4v) is 3.77. The van der Waals surface area contributed by atoms with E-state index in [0.29, 0.717) is 22.3 Å². The Balaban J connectivity index is 1.64. The lowest BCUT2D eigenvalue weighted by Gasteiger charge is -2.22. The molecular formula is C17H20Cl2N2O3. The highest BCUT2D eigenvalue weighted by atomic mass is 35.5. The van der Waals surface area contributed by atoms with Crippen LogP contribution in [-0.2, 0) is 14.3 Å². The fourth-order valence-electron chi connectivity index (χ4n) is 3.26. The van der Waals surface area contributed by atoms with Gasteiger partial charge in [0.25, 0.3) is 0 Å². The van der Waals surface area contributed by atoms with Crippen molar-refractivity contribution in [1.29, 1.82) is 0 Å². The lowest BCUT2D eigenvalue weighted by Crippen LogP contribution is -2.44. The Labute approximate surface area is 151 Å². The standard InChI is InChI=1S/C17H20Cl2N2O3/c1-10(15-3-2-4-24-15)20-17(23)11-5-16(22)21(9-11)14-7-12(18)6-13(19)8-14/h6-8,10-11,15H,2-5,9H2,1H3,(H,20,23)/t10-,11+,15-/m0/s1. The third kappa shape index (κ3) is 3.85. The van der Waals surface area contributed by atoms with Crippen molar-refractivity contribution in [2.24, 2.45) is 5.92 Å². The van der Waals surface area contributed by atoms with E-state index in [1.807, 2.05) is 6.92 Å². The number of ether oxygens (including phenoxy) is 1. The number of carbonyl (C=O) groups is 2. The van der Waals surface area contributed by atoms with Gasteiger partial charge in [-0.15, -0.1) is 0 Å². The molecule has 2 amide bonds. The molecule has 24 heavy (non-hydrogen) atoms. The highest BCUT2D eigenvalue weighted by Crippen LogP contribution is 2.30. The van der Waals surface area contributed by atoms with Crippen LogP contribution in [0.2, 0.25) is 10.0 Å². The Bertz CT molecular complexity index is 626. The smallest absolute Gasteiger partial charge is 0.227 e. The molecule has 0 saturated carbocycles. The zero-order valence-corrected chi connectivity index (χ0v) is 14.9. The molecule has 3 rings (SSSR count). The molecule has 2 aliphatic heterocycles. The van der Waals surface area contributed by atoms with Gasteiger partial charge in [-0.3, -0.25) is 9.59 Å². The van der Waals surface area contributed by atoms with Crippen molar-refractivity contribution in [3.05, 3.63) is 28.2 Å². The minimum absolute atomic E-state index is 0.0511. The molecule has 5 nitrogen and oxygen atoms in total. The number of hydrogen-bond acceptors (Lipinski definition) is 3. The van der Waals surface area contributed by atoms with Gasteiger partial charge in [0.05, 0.1) is 18.1 Å². The monoisotopic (exact) mass is 370 g/mol. The van der Waals surface area contributed by atoms with Crippen LogP contribution >= 0.6 is 23.2 Å². The summed E-state index contributed by atoms with van der Waals surface area (Å²) in [6, 6.07) is 4.92. The van der Waals surface area contributed by atoms with Gasteiger partial charge in [0.15, 0.2) is 0 Å². The van der Waals surface area contributed by atoms with E-state index in [0.717, 1.165) is 19.4 Å². The molecule has 0 radical (unpaired) electrons. The lowest BCUT2D eigenvalue weighted by molar-refractivity contribution is -0.127. The van der Waals surface area contributed by atoms with Crippen LogP contribution in [-0.4, -0.2) is 37.1 Å². The zero-order valence-electron chi connectivity index (χ0n) is 13.4. The van der Waals surface area contributed by atoms with Gasteiger partial charge in [-0.1, -0.05) is 23.2 Å². The van der Waals surface area contributed by atoms with Gasteiger partial charge >= 0.3 is 0 Å². The Morgan fingerprint density at radius 3 is 2.67 bits per heavy atom. The molecule has 7 heteroatoms. The molecule has 130 valence electrons. The number of benzene rings is 1. The lowest BCUT2D eigenvalue weighted by atomic mass is 10.1. The van der Waals surface area contributed by atoms with Crippen LogP contribution in [0.25, 0.3) is 0 Å². The topological polar surface area (TPSA) is 58.6 Å². The Hall–Kier alpha value is -1.30. The average Bonchev–Trinajstić information content (AvgIpc) is 3.15. The highest BCUT2D eigenvalue weighted by molar-refractivity contribution is 6.35. The first-order chi connectivity index (χ1) is 11.4. The van der Waals surface area contributed by atoms with E-state index in [4.69, 9.17) is 27.9 Å². The first-order valence-corrected chi connectivity index (χ1v) is 8.88. The second-order valence-corrected chi connectivity index (χ2v) is 7.25. The van der Waals surface area contributed by atoms with Crippen LogP contribution in [0.1, 0.15) is 26.2 Å². The number of hydrogen-bond donors (Lipinski definition) is 1. The molecule has 2 fully saturated rings. The van der Waals surface area contributed by atoms with Crippen molar-refractivity contribution >= 4 is 40.7 Å². The van der Waals surface area contributed by atoms with Crippen LogP contribution in [0.4, 0.5) is 5.69 Å². The number of rotatable bonds is 4. The van der Waals surface area contributed by atoms with E-state index in [1.54, 1.807) is 23.1 Å². The third-order valence-corrected chi connectivity index (χ3v) is 4.98. The molecule has 1 N–H and O–H groups in total. The van der Waals surface area contributed by atoms with Crippen molar-refractivity contribution in [3.63, 3.8) is 0 Å². The number of nitrogens with one attached hydrogen (secondary N) is 1. The fraction of sp³-hybridized carbons (Fsp3) is 0.529. The molecule has 1 aromatic rings. The molecule has 3 atom stereocenters. The summed E-state index contributed by atoms with van der Waals surface area (Å²) in [5, 5.41) is 3.91. The van der Waals surface area contributed by atoms with E-state index >= 15 is 0 Å². The minimum atomic E-state index is -0.376. The molecule has 0 aliphatic carbocycles. The maximum Gasteiger partial charge on any atom is 0.227 e. The SMILES string of the molecule is C[C@H](NC(=O)[C@@H]1CC(=O)N(c2cc(Cl)cc(Cl)c2)C1)[C@@H]1CCCO1. The van der Waals surface area contributed by atoms with Crippen molar-refractivity contribution in [2.45, 2.75) is 38.3 Å². The van der Waals surface area contributed by atoms with Gasteiger partial charge in [0, 0.05) is 35.3 Å². The molecule has 2 heterocycles. The van der Waals surface area contributed by atoms with Crippen molar-refractivity contribution in [2.75, 3.05) is 18.1 Å². The van der Waals surface area contributed by atoms with Gasteiger partial charge in [-0.05, 0) is 38.0 Å². The van der Waals surface area contributed by atoms with Crippen LogP contribution in [0.5, 0.6) is 0 Å². The maximum absolute atomic E-state index is 12.5. The molecule has 2 saturated heterocycles. The molecule has 0 bridgehead atoms. The highest BCUT2D eigenvalue weighted by Gasteiger charge is 2.36. The van der Waals surface area contributed by atoms with Gasteiger partial charge in [-0.2, -0.15) is 0 Å². The summed E-state index contributed by atoms with van der Waals surface area (Å²) < 4.78 is 5.59. The third-order valence-electron chi connectivity index (χ3n) is 4.55. The average molecular weight is 371 g/mol. The summed E-state index contributed by atoms with van der Waals surface area (Å²) >= 11 is 12.0. The number of amides is 2. The summed E-state index contributed by atoms with van der Waals surface area (Å²) in [7, 11) is 0. The van der Waals surface area contributed by atoms with E-state index in [2.05, 4.69) is 5.32 Å². The number of halogens is 2. The summed E-state index contributed by atoms with van der Waals surface area (Å²) in [6.45, 7) is 3.02. The van der Waals surface area contributed by atoms with Gasteiger partial charge in [0.1, 0.15) is 0 Å². The quantitative estimate of drug-likeness (QED) is 0.885. The number of anilines is 1. The Morgan fingerprint density at radius 2 is 2.04 bits per heavy atom. The largest absolute Gasteiger partial charge is 0.376 e. The van der Waals surface area contributed by atoms with E-state index in [1.165, 1.54) is 0 Å². The normalized spacial score (nSPS) is 25.1. The minimum Gasteiger partial charge on any atom is -0.376 e. The maximum atomic E-state index is 12.5. The molecule has 0 unspecified atom stereocenters. The summed E-state index contributed by atoms with van der Waals surface area (Å²) in [4.78, 5) is 26.3. The molecule has 2 aliphatic rings. The second-order valence-electron chi connectivity index (χ2n) is 6.38. The van der Waals surface area contributed by atoms with Crippen molar-refractivity contribution < 1.29 is 14.3 Å². The van der Waals surface area contributed by atoms with Gasteiger partial charge in [-0.25, -0.2) is 0 Å². The second kappa shape index (κ2) is 7.30. The number of nitrogens with zero attached hydrogens (tertiary/aromatic N) is 1. The van der Waals surface area contributed by atoms with E-state index in [9.17, 15) is 9.59 Å². The van der Waals surface area contributed by atoms with Crippen LogP contribution < -0.4 is 10.2 Å². The zero-order chi connectivity index (χ0) is 17.3. The number of carbonyl (C=O) groups excluding carboxylic acids is 2. The van der Waals surface area contributed by atoms with E-state index < -0.39 is 0 Å². The predicted molar refractivity (Wildman–Crippen MR) is 93.5 cm³/mol. The van der Waals surface area contributed by atoms with Crippen LogP contribution in [0.3, 0.4) is 0 Å². The van der Waals surface area contributed by atoms with Crippen molar-refractivity contribution in [1.82, 2.24) is 5.32 Å². The van der Waals surface area contributed by atoms with E-state index in [-0.39, 0.29) is 36.3 Å². The summed E-state index contributed by atoms with van der Waals surface area (Å²) in [6.07, 6.45) is 2.23. The van der Waals surface area contributed by atoms with Crippen molar-refractivity contribution in [3.8, 4) is 0 Å².